The highest BCUT2D eigenvalue weighted by atomic mass is 35.5. The van der Waals surface area contributed by atoms with E-state index in [-0.39, 0.29) is 12.5 Å². The van der Waals surface area contributed by atoms with E-state index in [0.29, 0.717) is 11.4 Å². The highest BCUT2D eigenvalue weighted by molar-refractivity contribution is 6.31. The first kappa shape index (κ1) is 19.3. The van der Waals surface area contributed by atoms with Crippen LogP contribution in [0.4, 0.5) is 0 Å². The Balaban J connectivity index is 1.99. The summed E-state index contributed by atoms with van der Waals surface area (Å²) in [4.78, 5) is 11.2. The van der Waals surface area contributed by atoms with Gasteiger partial charge in [-0.05, 0) is 48.2 Å². The average molecular weight is 404 g/mol. The van der Waals surface area contributed by atoms with Crippen LogP contribution in [0.3, 0.4) is 0 Å². The van der Waals surface area contributed by atoms with Crippen LogP contribution in [0.25, 0.3) is 10.9 Å². The molecule has 4 heteroatoms. The highest BCUT2D eigenvalue weighted by Gasteiger charge is 2.23. The molecule has 0 saturated carbocycles. The van der Waals surface area contributed by atoms with Crippen LogP contribution in [-0.4, -0.2) is 15.6 Å². The molecule has 0 saturated heterocycles. The van der Waals surface area contributed by atoms with Crippen molar-refractivity contribution >= 4 is 28.5 Å². The molecule has 29 heavy (non-hydrogen) atoms. The lowest BCUT2D eigenvalue weighted by molar-refractivity contribution is -0.136. The Morgan fingerprint density at radius 3 is 2.10 bits per heavy atom. The number of nitrogens with zero attached hydrogens (tertiary/aromatic N) is 1. The quantitative estimate of drug-likeness (QED) is 0.413. The smallest absolute Gasteiger partial charge is 0.303 e. The molecule has 0 radical (unpaired) electrons. The second-order valence-corrected chi connectivity index (χ2v) is 7.65. The van der Waals surface area contributed by atoms with E-state index in [0.717, 1.165) is 22.2 Å². The molecule has 4 rings (SSSR count). The molecule has 1 heterocycles. The number of aliphatic carboxylic acids is 1. The number of hydrogen-bond donors (Lipinski definition) is 1. The molecule has 0 aliphatic carbocycles. The minimum absolute atomic E-state index is 0.0142. The second-order valence-electron chi connectivity index (χ2n) is 7.21. The van der Waals surface area contributed by atoms with Crippen molar-refractivity contribution in [2.75, 3.05) is 0 Å². The largest absolute Gasteiger partial charge is 0.481 e. The van der Waals surface area contributed by atoms with Crippen molar-refractivity contribution in [3.63, 3.8) is 0 Å². The summed E-state index contributed by atoms with van der Waals surface area (Å²) >= 11 is 6.30. The molecule has 146 valence electrons. The minimum atomic E-state index is -0.796. The van der Waals surface area contributed by atoms with Crippen LogP contribution in [0.1, 0.15) is 34.8 Å². The van der Waals surface area contributed by atoms with Gasteiger partial charge in [0.15, 0.2) is 0 Å². The SMILES string of the molecule is Cc1c(CCC(=O)O)c2cc(Cl)ccc2n1C(c1ccccc1)c1ccccc1. The molecule has 4 aromatic rings. The van der Waals surface area contributed by atoms with E-state index in [2.05, 4.69) is 60.0 Å². The number of halogens is 1. The lowest BCUT2D eigenvalue weighted by atomic mass is 9.98. The molecule has 3 nitrogen and oxygen atoms in total. The van der Waals surface area contributed by atoms with E-state index in [1.807, 2.05) is 30.3 Å². The first-order valence-electron chi connectivity index (χ1n) is 9.67. The fourth-order valence-electron chi connectivity index (χ4n) is 4.12. The Morgan fingerprint density at radius 1 is 0.966 bits per heavy atom. The normalized spacial score (nSPS) is 11.3. The Bertz CT molecular complexity index is 1110. The molecule has 0 aliphatic rings. The van der Waals surface area contributed by atoms with Crippen molar-refractivity contribution in [3.8, 4) is 0 Å². The third-order valence-electron chi connectivity index (χ3n) is 5.42. The van der Waals surface area contributed by atoms with Gasteiger partial charge < -0.3 is 9.67 Å². The number of rotatable bonds is 6. The zero-order valence-electron chi connectivity index (χ0n) is 16.2. The predicted octanol–water partition coefficient (Wildman–Crippen LogP) is 6.26. The van der Waals surface area contributed by atoms with Crippen molar-refractivity contribution in [1.82, 2.24) is 4.57 Å². The van der Waals surface area contributed by atoms with Crippen LogP contribution in [0, 0.1) is 6.92 Å². The van der Waals surface area contributed by atoms with Gasteiger partial charge in [0, 0.05) is 28.0 Å². The van der Waals surface area contributed by atoms with Crippen molar-refractivity contribution < 1.29 is 9.90 Å². The maximum absolute atomic E-state index is 11.2. The molecule has 3 aromatic carbocycles. The summed E-state index contributed by atoms with van der Waals surface area (Å²) in [7, 11) is 0. The third kappa shape index (κ3) is 3.79. The fourth-order valence-corrected chi connectivity index (χ4v) is 4.29. The maximum Gasteiger partial charge on any atom is 0.303 e. The van der Waals surface area contributed by atoms with Gasteiger partial charge in [0.1, 0.15) is 0 Å². The van der Waals surface area contributed by atoms with Gasteiger partial charge in [-0.15, -0.1) is 0 Å². The van der Waals surface area contributed by atoms with Gasteiger partial charge in [-0.3, -0.25) is 4.79 Å². The molecular formula is C25H22ClNO2. The number of carbonyl (C=O) groups is 1. The summed E-state index contributed by atoms with van der Waals surface area (Å²) in [6.45, 7) is 2.07. The van der Waals surface area contributed by atoms with E-state index in [1.54, 1.807) is 0 Å². The van der Waals surface area contributed by atoms with Gasteiger partial charge in [0.25, 0.3) is 0 Å². The van der Waals surface area contributed by atoms with Gasteiger partial charge in [0.05, 0.1) is 6.04 Å². The van der Waals surface area contributed by atoms with Crippen LogP contribution in [0.15, 0.2) is 78.9 Å². The van der Waals surface area contributed by atoms with Gasteiger partial charge in [0.2, 0.25) is 0 Å². The van der Waals surface area contributed by atoms with E-state index in [1.165, 1.54) is 11.1 Å². The predicted molar refractivity (Wildman–Crippen MR) is 118 cm³/mol. The number of aromatic nitrogens is 1. The van der Waals surface area contributed by atoms with E-state index in [9.17, 15) is 9.90 Å². The van der Waals surface area contributed by atoms with Crippen LogP contribution in [0.5, 0.6) is 0 Å². The summed E-state index contributed by atoms with van der Waals surface area (Å²) in [6.07, 6.45) is 0.565. The van der Waals surface area contributed by atoms with E-state index in [4.69, 9.17) is 11.6 Å². The highest BCUT2D eigenvalue weighted by Crippen LogP contribution is 2.37. The molecule has 0 atom stereocenters. The summed E-state index contributed by atoms with van der Waals surface area (Å²) in [5.74, 6) is -0.796. The zero-order chi connectivity index (χ0) is 20.4. The molecule has 1 aromatic heterocycles. The lowest BCUT2D eigenvalue weighted by Gasteiger charge is -2.23. The summed E-state index contributed by atoms with van der Waals surface area (Å²) in [6, 6.07) is 26.6. The molecule has 0 aliphatic heterocycles. The van der Waals surface area contributed by atoms with Crippen molar-refractivity contribution in [1.29, 1.82) is 0 Å². The van der Waals surface area contributed by atoms with Gasteiger partial charge >= 0.3 is 5.97 Å². The van der Waals surface area contributed by atoms with Crippen LogP contribution in [-0.2, 0) is 11.2 Å². The summed E-state index contributed by atoms with van der Waals surface area (Å²) in [5.41, 5.74) is 5.53. The summed E-state index contributed by atoms with van der Waals surface area (Å²) < 4.78 is 2.31. The fraction of sp³-hybridized carbons (Fsp3) is 0.160. The molecule has 0 spiro atoms. The van der Waals surface area contributed by atoms with Crippen LogP contribution in [0.2, 0.25) is 5.02 Å². The second kappa shape index (κ2) is 8.14. The Kier molecular flexibility index (Phi) is 5.41. The van der Waals surface area contributed by atoms with Gasteiger partial charge in [-0.25, -0.2) is 0 Å². The van der Waals surface area contributed by atoms with Crippen LogP contribution >= 0.6 is 11.6 Å². The number of carboxylic acids is 1. The lowest BCUT2D eigenvalue weighted by Crippen LogP contribution is -2.14. The number of aryl methyl sites for hydroxylation is 1. The molecule has 0 bridgehead atoms. The van der Waals surface area contributed by atoms with Crippen molar-refractivity contribution in [3.05, 3.63) is 106 Å². The Hall–Kier alpha value is -3.04. The van der Waals surface area contributed by atoms with E-state index >= 15 is 0 Å². The Morgan fingerprint density at radius 2 is 1.55 bits per heavy atom. The third-order valence-corrected chi connectivity index (χ3v) is 5.65. The topological polar surface area (TPSA) is 42.2 Å². The van der Waals surface area contributed by atoms with Crippen molar-refractivity contribution in [2.45, 2.75) is 25.8 Å². The Labute approximate surface area is 175 Å². The first-order valence-corrected chi connectivity index (χ1v) is 10.0. The van der Waals surface area contributed by atoms with E-state index < -0.39 is 5.97 Å². The monoisotopic (exact) mass is 403 g/mol. The number of benzene rings is 3. The molecule has 0 amide bonds. The number of carboxylic acid groups (broad SMARTS) is 1. The molecule has 0 fully saturated rings. The molecule has 1 N–H and O–H groups in total. The first-order chi connectivity index (χ1) is 14.1. The van der Waals surface area contributed by atoms with Gasteiger partial charge in [-0.1, -0.05) is 72.3 Å². The standard InChI is InChI=1S/C25H22ClNO2/c1-17-21(13-15-24(28)29)22-16-20(26)12-14-23(22)27(17)25(18-8-4-2-5-9-18)19-10-6-3-7-11-19/h2-12,14,16,25H,13,15H2,1H3,(H,28,29). The number of hydrogen-bond acceptors (Lipinski definition) is 1. The summed E-state index contributed by atoms with van der Waals surface area (Å²) in [5, 5.41) is 10.9. The maximum atomic E-state index is 11.2. The van der Waals surface area contributed by atoms with Crippen molar-refractivity contribution in [2.24, 2.45) is 0 Å². The molecule has 0 unspecified atom stereocenters. The minimum Gasteiger partial charge on any atom is -0.481 e. The zero-order valence-corrected chi connectivity index (χ0v) is 16.9. The number of fused-ring (bicyclic) bond motifs is 1. The average Bonchev–Trinajstić information content (AvgIpc) is 2.99. The van der Waals surface area contributed by atoms with Crippen LogP contribution < -0.4 is 0 Å². The molecular weight excluding hydrogens is 382 g/mol. The van der Waals surface area contributed by atoms with Gasteiger partial charge in [-0.2, -0.15) is 0 Å².